The molecule has 4 nitrogen and oxygen atoms in total. The van der Waals surface area contributed by atoms with E-state index in [1.807, 2.05) is 6.08 Å². The molecule has 1 rings (SSSR count). The fourth-order valence-electron chi connectivity index (χ4n) is 2.07. The van der Waals surface area contributed by atoms with Gasteiger partial charge in [0.15, 0.2) is 0 Å². The molecule has 0 spiro atoms. The van der Waals surface area contributed by atoms with E-state index in [0.717, 1.165) is 19.4 Å². The Morgan fingerprint density at radius 3 is 2.06 bits per heavy atom. The predicted octanol–water partition coefficient (Wildman–Crippen LogP) is 5.12. The average molecular weight is 254 g/mol. The topological polar surface area (TPSA) is 43.2 Å². The smallest absolute Gasteiger partial charge is 0.141 e. The maximum absolute atomic E-state index is 4.74. The van der Waals surface area contributed by atoms with Crippen molar-refractivity contribution in [3.05, 3.63) is 12.3 Å². The second-order valence-corrected chi connectivity index (χ2v) is 4.81. The lowest BCUT2D eigenvalue weighted by molar-refractivity contribution is -0.257. The minimum Gasteiger partial charge on any atom is -0.274 e. The summed E-state index contributed by atoms with van der Waals surface area (Å²) in [5.41, 5.74) is 0. The van der Waals surface area contributed by atoms with Gasteiger partial charge in [-0.1, -0.05) is 51.4 Å². The second-order valence-electron chi connectivity index (χ2n) is 4.81. The van der Waals surface area contributed by atoms with Gasteiger partial charge in [0.25, 0.3) is 0 Å². The summed E-state index contributed by atoms with van der Waals surface area (Å²) in [7, 11) is 0. The summed E-state index contributed by atoms with van der Waals surface area (Å²) in [4.78, 5) is 9.29. The number of nitrogens with zero attached hydrogens (tertiary/aromatic N) is 2. The quantitative estimate of drug-likeness (QED) is 0.563. The zero-order valence-electron chi connectivity index (χ0n) is 11.4. The van der Waals surface area contributed by atoms with Gasteiger partial charge < -0.3 is 0 Å². The van der Waals surface area contributed by atoms with Gasteiger partial charge in [0, 0.05) is 0 Å². The molecular weight excluding hydrogens is 228 g/mol. The van der Waals surface area contributed by atoms with Crippen molar-refractivity contribution in [1.29, 1.82) is 0 Å². The molecule has 1 aliphatic rings. The van der Waals surface area contributed by atoms with Crippen molar-refractivity contribution >= 4 is 0 Å². The van der Waals surface area contributed by atoms with Crippen LogP contribution in [0.2, 0.25) is 0 Å². The largest absolute Gasteiger partial charge is 0.274 e. The molecule has 0 amide bonds. The second kappa shape index (κ2) is 12.4. The molecule has 1 heterocycles. The summed E-state index contributed by atoms with van der Waals surface area (Å²) in [6.07, 6.45) is 17.6. The normalized spacial score (nSPS) is 24.9. The highest BCUT2D eigenvalue weighted by atomic mass is 17.3. The molecule has 4 heteroatoms. The lowest BCUT2D eigenvalue weighted by Crippen LogP contribution is -1.85. The molecule has 0 unspecified atom stereocenters. The number of hydrogen-bond acceptors (Lipinski definition) is 4. The van der Waals surface area contributed by atoms with E-state index in [9.17, 15) is 0 Å². The fraction of sp³-hybridized carbons (Fsp3) is 0.857. The Balaban J connectivity index is 2.13. The van der Waals surface area contributed by atoms with E-state index in [0.29, 0.717) is 0 Å². The molecule has 0 aromatic carbocycles. The molecule has 0 aliphatic carbocycles. The first kappa shape index (κ1) is 15.0. The third kappa shape index (κ3) is 10.1. The van der Waals surface area contributed by atoms with Gasteiger partial charge in [0.05, 0.1) is 11.8 Å². The van der Waals surface area contributed by atoms with E-state index in [4.69, 9.17) is 4.89 Å². The van der Waals surface area contributed by atoms with Gasteiger partial charge in [-0.15, -0.1) is 10.1 Å². The Morgan fingerprint density at radius 1 is 0.722 bits per heavy atom. The Bertz CT molecular complexity index is 206. The highest BCUT2D eigenvalue weighted by molar-refractivity contribution is 4.71. The number of hydrogen-bond donors (Lipinski definition) is 0. The third-order valence-corrected chi connectivity index (χ3v) is 3.16. The molecule has 0 N–H and O–H groups in total. The summed E-state index contributed by atoms with van der Waals surface area (Å²) in [6.45, 7) is 0.729. The molecule has 18 heavy (non-hydrogen) atoms. The van der Waals surface area contributed by atoms with Crippen molar-refractivity contribution in [2.75, 3.05) is 6.54 Å². The maximum Gasteiger partial charge on any atom is 0.141 e. The lowest BCUT2D eigenvalue weighted by Gasteiger charge is -2.02. The molecule has 0 radical (unpaired) electrons. The van der Waals surface area contributed by atoms with Gasteiger partial charge in [0.1, 0.15) is 6.26 Å². The summed E-state index contributed by atoms with van der Waals surface area (Å²) in [5.74, 6) is 0. The standard InChI is InChI=1S/C14H26N2O2/c1-2-4-6-8-10-12-14-17-18-16-15-13-11-9-7-5-3-1/h12,14H,1-11,13H2/b14-12-,16-15+. The van der Waals surface area contributed by atoms with Crippen molar-refractivity contribution in [3.63, 3.8) is 0 Å². The van der Waals surface area contributed by atoms with Crippen molar-refractivity contribution in [1.82, 2.24) is 0 Å². The molecular formula is C14H26N2O2. The first-order valence-corrected chi connectivity index (χ1v) is 7.34. The van der Waals surface area contributed by atoms with Crippen LogP contribution in [0.15, 0.2) is 22.7 Å². The number of allylic oxidation sites excluding steroid dienone is 1. The minimum absolute atomic E-state index is 0.729. The predicted molar refractivity (Wildman–Crippen MR) is 71.8 cm³/mol. The van der Waals surface area contributed by atoms with Crippen LogP contribution in [-0.2, 0) is 9.88 Å². The Hall–Kier alpha value is -1.06. The van der Waals surface area contributed by atoms with Crippen LogP contribution in [0.5, 0.6) is 0 Å². The van der Waals surface area contributed by atoms with E-state index < -0.39 is 0 Å². The fourth-order valence-corrected chi connectivity index (χ4v) is 2.07. The third-order valence-electron chi connectivity index (χ3n) is 3.16. The van der Waals surface area contributed by atoms with E-state index in [1.165, 1.54) is 57.8 Å². The minimum atomic E-state index is 0.729. The Kier molecular flexibility index (Phi) is 10.3. The first-order chi connectivity index (χ1) is 9.00. The number of rotatable bonds is 0. The molecule has 0 aromatic rings. The molecule has 0 aromatic heterocycles. The van der Waals surface area contributed by atoms with E-state index in [1.54, 1.807) is 6.26 Å². The van der Waals surface area contributed by atoms with Crippen LogP contribution in [0.4, 0.5) is 0 Å². The summed E-state index contributed by atoms with van der Waals surface area (Å²) in [5, 5.41) is 7.36. The molecule has 0 fully saturated rings. The summed E-state index contributed by atoms with van der Waals surface area (Å²) >= 11 is 0. The lowest BCUT2D eigenvalue weighted by atomic mass is 10.1. The van der Waals surface area contributed by atoms with Crippen molar-refractivity contribution in [2.24, 2.45) is 10.4 Å². The molecule has 0 bridgehead atoms. The average Bonchev–Trinajstić information content (AvgIpc) is 2.39. The maximum atomic E-state index is 4.74. The van der Waals surface area contributed by atoms with Gasteiger partial charge in [-0.05, 0) is 25.3 Å². The first-order valence-electron chi connectivity index (χ1n) is 7.34. The van der Waals surface area contributed by atoms with Crippen LogP contribution in [0.25, 0.3) is 0 Å². The highest BCUT2D eigenvalue weighted by Crippen LogP contribution is 2.11. The Morgan fingerprint density at radius 2 is 1.33 bits per heavy atom. The van der Waals surface area contributed by atoms with Crippen molar-refractivity contribution in [3.8, 4) is 0 Å². The summed E-state index contributed by atoms with van der Waals surface area (Å²) in [6, 6.07) is 0. The van der Waals surface area contributed by atoms with Gasteiger partial charge in [0.2, 0.25) is 0 Å². The molecule has 0 saturated heterocycles. The van der Waals surface area contributed by atoms with Crippen molar-refractivity contribution in [2.45, 2.75) is 70.6 Å². The van der Waals surface area contributed by atoms with Gasteiger partial charge in [-0.25, -0.2) is 0 Å². The van der Waals surface area contributed by atoms with E-state index >= 15 is 0 Å². The van der Waals surface area contributed by atoms with Gasteiger partial charge >= 0.3 is 0 Å². The monoisotopic (exact) mass is 254 g/mol. The van der Waals surface area contributed by atoms with Crippen LogP contribution in [0, 0.1) is 0 Å². The van der Waals surface area contributed by atoms with Crippen LogP contribution < -0.4 is 0 Å². The highest BCUT2D eigenvalue weighted by Gasteiger charge is 1.93. The molecule has 0 atom stereocenters. The van der Waals surface area contributed by atoms with E-state index in [2.05, 4.69) is 15.4 Å². The van der Waals surface area contributed by atoms with Crippen LogP contribution >= 0.6 is 0 Å². The SMILES string of the molecule is C1=C\OO/N=N/CCCCCCCCCCCC/1. The van der Waals surface area contributed by atoms with Crippen LogP contribution in [0.3, 0.4) is 0 Å². The van der Waals surface area contributed by atoms with E-state index in [-0.39, 0.29) is 0 Å². The molecule has 104 valence electrons. The van der Waals surface area contributed by atoms with Gasteiger partial charge in [-0.3, -0.25) is 4.89 Å². The molecule has 0 saturated carbocycles. The van der Waals surface area contributed by atoms with Crippen LogP contribution in [-0.4, -0.2) is 6.54 Å². The van der Waals surface area contributed by atoms with Crippen LogP contribution in [0.1, 0.15) is 70.6 Å². The zero-order valence-corrected chi connectivity index (χ0v) is 11.4. The van der Waals surface area contributed by atoms with Gasteiger partial charge in [-0.2, -0.15) is 0 Å². The summed E-state index contributed by atoms with van der Waals surface area (Å²) < 4.78 is 0. The Labute approximate surface area is 110 Å². The van der Waals surface area contributed by atoms with Crippen molar-refractivity contribution < 1.29 is 9.88 Å². The molecule has 1 aliphatic heterocycles. The zero-order chi connectivity index (χ0) is 12.7.